The normalized spacial score (nSPS) is 19.5. The van der Waals surface area contributed by atoms with Crippen LogP contribution in [0.25, 0.3) is 0 Å². The maximum Gasteiger partial charge on any atom is 0.339 e. The van der Waals surface area contributed by atoms with Gasteiger partial charge in [-0.05, 0) is 6.07 Å². The molecule has 0 radical (unpaired) electrons. The van der Waals surface area contributed by atoms with Gasteiger partial charge in [-0.2, -0.15) is 0 Å². The lowest BCUT2D eigenvalue weighted by Crippen LogP contribution is -2.50. The maximum atomic E-state index is 13.5. The summed E-state index contributed by atoms with van der Waals surface area (Å²) in [6, 6.07) is 6.56. The Morgan fingerprint density at radius 3 is 2.31 bits per heavy atom. The van der Waals surface area contributed by atoms with E-state index in [2.05, 4.69) is 11.3 Å². The van der Waals surface area contributed by atoms with E-state index in [0.29, 0.717) is 5.69 Å². The summed E-state index contributed by atoms with van der Waals surface area (Å²) in [6.07, 6.45) is 1.02. The molecule has 2 N–H and O–H groups in total. The molecule has 0 saturated heterocycles. The molecule has 0 unspecified atom stereocenters. The molecule has 1 aromatic rings. The number of cyclic esters (lactones) is 1. The molecule has 2 heterocycles. The van der Waals surface area contributed by atoms with Crippen molar-refractivity contribution < 1.29 is 38.1 Å². The van der Waals surface area contributed by atoms with Gasteiger partial charge in [0.1, 0.15) is 29.1 Å². The molecule has 3 rings (SSSR count). The minimum absolute atomic E-state index is 0.131. The van der Waals surface area contributed by atoms with E-state index in [9.17, 15) is 19.2 Å². The predicted molar refractivity (Wildman–Crippen MR) is 111 cm³/mol. The zero-order chi connectivity index (χ0) is 23.6. The Morgan fingerprint density at radius 2 is 1.72 bits per heavy atom. The van der Waals surface area contributed by atoms with E-state index in [4.69, 9.17) is 19.9 Å². The van der Waals surface area contributed by atoms with Gasteiger partial charge in [-0.3, -0.25) is 4.79 Å². The van der Waals surface area contributed by atoms with E-state index in [1.165, 1.54) is 0 Å². The summed E-state index contributed by atoms with van der Waals surface area (Å²) >= 11 is 0. The number of benzene rings is 1. The Morgan fingerprint density at radius 1 is 1.09 bits per heavy atom. The highest BCUT2D eigenvalue weighted by Gasteiger charge is 2.64. The number of hydrogen-bond acceptors (Lipinski definition) is 10. The second-order valence-electron chi connectivity index (χ2n) is 6.85. The average Bonchev–Trinajstić information content (AvgIpc) is 3.07. The number of esters is 4. The fourth-order valence-electron chi connectivity index (χ4n) is 4.02. The highest BCUT2D eigenvalue weighted by atomic mass is 16.6. The van der Waals surface area contributed by atoms with E-state index >= 15 is 0 Å². The molecular weight excluding hydrogens is 420 g/mol. The van der Waals surface area contributed by atoms with Gasteiger partial charge < -0.3 is 29.6 Å². The van der Waals surface area contributed by atoms with Crippen molar-refractivity contribution in [3.05, 3.63) is 65.2 Å². The third-order valence-corrected chi connectivity index (χ3v) is 5.32. The van der Waals surface area contributed by atoms with Crippen molar-refractivity contribution in [1.29, 1.82) is 0 Å². The fraction of sp³-hybridized carbons (Fsp3) is 0.273. The monoisotopic (exact) mass is 442 g/mol. The maximum absolute atomic E-state index is 13.5. The van der Waals surface area contributed by atoms with Gasteiger partial charge in [-0.15, -0.1) is 6.58 Å². The fourth-order valence-corrected chi connectivity index (χ4v) is 4.02. The van der Waals surface area contributed by atoms with Crippen LogP contribution in [0.15, 0.2) is 59.6 Å². The first-order valence-electron chi connectivity index (χ1n) is 9.46. The molecule has 32 heavy (non-hydrogen) atoms. The SMILES string of the molecule is C=CCN1C(N)=C(C(=O)OC)[C@@]2(C(=O)OC(CC(=O)OC)=C2C(=O)OC)c2ccccc21. The summed E-state index contributed by atoms with van der Waals surface area (Å²) in [7, 11) is 3.37. The van der Waals surface area contributed by atoms with E-state index < -0.39 is 35.7 Å². The Kier molecular flexibility index (Phi) is 6.06. The molecule has 10 nitrogen and oxygen atoms in total. The van der Waals surface area contributed by atoms with Gasteiger partial charge in [-0.1, -0.05) is 24.3 Å². The number of anilines is 1. The van der Waals surface area contributed by atoms with Gasteiger partial charge in [-0.25, -0.2) is 14.4 Å². The van der Waals surface area contributed by atoms with E-state index in [1.807, 2.05) is 0 Å². The van der Waals surface area contributed by atoms with Crippen molar-refractivity contribution in [2.45, 2.75) is 11.8 Å². The van der Waals surface area contributed by atoms with Gasteiger partial charge in [0.25, 0.3) is 0 Å². The van der Waals surface area contributed by atoms with Crippen molar-refractivity contribution in [2.75, 3.05) is 32.8 Å². The van der Waals surface area contributed by atoms with Crippen molar-refractivity contribution in [1.82, 2.24) is 0 Å². The number of nitrogens with two attached hydrogens (primary N) is 1. The topological polar surface area (TPSA) is 134 Å². The van der Waals surface area contributed by atoms with E-state index in [1.54, 1.807) is 35.2 Å². The summed E-state index contributed by atoms with van der Waals surface area (Å²) in [4.78, 5) is 53.0. The number of para-hydroxylation sites is 1. The Bertz CT molecular complexity index is 1090. The number of carbonyl (C=O) groups excluding carboxylic acids is 4. The lowest BCUT2D eigenvalue weighted by molar-refractivity contribution is -0.147. The van der Waals surface area contributed by atoms with Crippen LogP contribution >= 0.6 is 0 Å². The summed E-state index contributed by atoms with van der Waals surface area (Å²) < 4.78 is 19.9. The number of hydrogen-bond donors (Lipinski definition) is 1. The zero-order valence-corrected chi connectivity index (χ0v) is 17.8. The zero-order valence-electron chi connectivity index (χ0n) is 17.8. The quantitative estimate of drug-likeness (QED) is 0.383. The summed E-state index contributed by atoms with van der Waals surface area (Å²) in [6.45, 7) is 3.90. The molecule has 1 atom stereocenters. The van der Waals surface area contributed by atoms with Crippen LogP contribution in [0, 0.1) is 0 Å². The highest BCUT2D eigenvalue weighted by Crippen LogP contribution is 2.54. The summed E-state index contributed by atoms with van der Waals surface area (Å²) in [5, 5.41) is 0. The number of ether oxygens (including phenoxy) is 4. The third-order valence-electron chi connectivity index (χ3n) is 5.32. The second kappa shape index (κ2) is 8.58. The minimum Gasteiger partial charge on any atom is -0.469 e. The van der Waals surface area contributed by atoms with Crippen LogP contribution in [0.5, 0.6) is 0 Å². The van der Waals surface area contributed by atoms with Crippen molar-refractivity contribution in [2.24, 2.45) is 5.73 Å². The van der Waals surface area contributed by atoms with Crippen LogP contribution < -0.4 is 10.6 Å². The van der Waals surface area contributed by atoms with Crippen LogP contribution in [0.3, 0.4) is 0 Å². The number of rotatable bonds is 6. The van der Waals surface area contributed by atoms with Crippen LogP contribution in [0.2, 0.25) is 0 Å². The molecule has 168 valence electrons. The standard InChI is InChI=1S/C22H22N2O8/c1-5-10-24-13-9-7-6-8-12(13)22(17(18(24)23)20(27)31-4)16(19(26)30-3)14(32-21(22)28)11-15(25)29-2/h5-9H,1,10-11,23H2,2-4H3/t22-/m1/s1. The van der Waals surface area contributed by atoms with E-state index in [0.717, 1.165) is 21.3 Å². The summed E-state index contributed by atoms with van der Waals surface area (Å²) in [5.41, 5.74) is 4.27. The predicted octanol–water partition coefficient (Wildman–Crippen LogP) is 0.821. The van der Waals surface area contributed by atoms with Crippen molar-refractivity contribution in [3.8, 4) is 0 Å². The average molecular weight is 442 g/mol. The number of methoxy groups -OCH3 is 3. The first kappa shape index (κ1) is 22.6. The Balaban J connectivity index is 2.48. The third kappa shape index (κ3) is 3.11. The molecule has 1 spiro atoms. The minimum atomic E-state index is -2.11. The van der Waals surface area contributed by atoms with Gasteiger partial charge in [0.15, 0.2) is 5.41 Å². The van der Waals surface area contributed by atoms with Gasteiger partial charge in [0.05, 0.1) is 21.3 Å². The summed E-state index contributed by atoms with van der Waals surface area (Å²) in [5.74, 6) is -4.12. The lowest BCUT2D eigenvalue weighted by Gasteiger charge is -2.40. The second-order valence-corrected chi connectivity index (χ2v) is 6.85. The molecule has 2 aliphatic rings. The van der Waals surface area contributed by atoms with Crippen LogP contribution in [-0.4, -0.2) is 51.8 Å². The first-order chi connectivity index (χ1) is 15.3. The van der Waals surface area contributed by atoms with Crippen LogP contribution in [-0.2, 0) is 43.5 Å². The molecule has 0 aliphatic carbocycles. The smallest absolute Gasteiger partial charge is 0.339 e. The first-order valence-corrected chi connectivity index (χ1v) is 9.46. The van der Waals surface area contributed by atoms with Crippen LogP contribution in [0.1, 0.15) is 12.0 Å². The molecule has 10 heteroatoms. The van der Waals surface area contributed by atoms with E-state index in [-0.39, 0.29) is 34.8 Å². The lowest BCUT2D eigenvalue weighted by atomic mass is 9.66. The van der Waals surface area contributed by atoms with Crippen LogP contribution in [0.4, 0.5) is 5.69 Å². The highest BCUT2D eigenvalue weighted by molar-refractivity contribution is 6.16. The molecule has 0 aromatic heterocycles. The molecule has 1 aromatic carbocycles. The molecule has 2 aliphatic heterocycles. The molecule has 0 saturated carbocycles. The molecule has 0 amide bonds. The number of carbonyl (C=O) groups is 4. The van der Waals surface area contributed by atoms with Gasteiger partial charge >= 0.3 is 23.9 Å². The molecule has 0 fully saturated rings. The van der Waals surface area contributed by atoms with Gasteiger partial charge in [0.2, 0.25) is 0 Å². The van der Waals surface area contributed by atoms with Crippen molar-refractivity contribution in [3.63, 3.8) is 0 Å². The van der Waals surface area contributed by atoms with Crippen molar-refractivity contribution >= 4 is 29.6 Å². The Hall–Kier alpha value is -4.08. The van der Waals surface area contributed by atoms with Gasteiger partial charge in [0, 0.05) is 17.8 Å². The number of fused-ring (bicyclic) bond motifs is 2. The Labute approximate surface area is 183 Å². The largest absolute Gasteiger partial charge is 0.469 e. The number of nitrogens with zero attached hydrogens (tertiary/aromatic N) is 1. The molecule has 0 bridgehead atoms. The molecular formula is C22H22N2O8.